The van der Waals surface area contributed by atoms with Crippen molar-refractivity contribution in [2.75, 3.05) is 32.7 Å². The minimum absolute atomic E-state index is 0.137. The Balaban J connectivity index is 1.71. The number of aliphatic hydroxyl groups excluding tert-OH is 1. The number of hydrogen-bond acceptors (Lipinski definition) is 3. The van der Waals surface area contributed by atoms with Crippen LogP contribution in [0, 0.1) is 5.82 Å². The zero-order valence-corrected chi connectivity index (χ0v) is 11.5. The van der Waals surface area contributed by atoms with Crippen molar-refractivity contribution in [3.8, 4) is 0 Å². The summed E-state index contributed by atoms with van der Waals surface area (Å²) in [6.07, 6.45) is -0.0894. The number of fused-ring (bicyclic) bond motifs is 3. The van der Waals surface area contributed by atoms with Gasteiger partial charge in [-0.2, -0.15) is 0 Å². The number of aliphatic hydroxyl groups is 1. The Bertz CT molecular complexity index is 463. The maximum atomic E-state index is 13.4. The van der Waals surface area contributed by atoms with Gasteiger partial charge in [0.15, 0.2) is 0 Å². The van der Waals surface area contributed by atoms with E-state index >= 15 is 0 Å². The molecule has 3 heterocycles. The van der Waals surface area contributed by atoms with Gasteiger partial charge in [0.1, 0.15) is 5.82 Å². The van der Waals surface area contributed by atoms with E-state index in [-0.39, 0.29) is 11.1 Å². The highest BCUT2D eigenvalue weighted by atomic mass is 35.5. The molecule has 3 aliphatic heterocycles. The molecule has 3 aliphatic rings. The van der Waals surface area contributed by atoms with Crippen molar-refractivity contribution in [3.63, 3.8) is 0 Å². The fourth-order valence-corrected chi connectivity index (χ4v) is 3.29. The summed E-state index contributed by atoms with van der Waals surface area (Å²) in [4.78, 5) is 4.71. The summed E-state index contributed by atoms with van der Waals surface area (Å²) < 4.78 is 13.4. The Labute approximate surface area is 117 Å². The number of benzene rings is 1. The fourth-order valence-electron chi connectivity index (χ4n) is 3.09. The molecule has 0 aliphatic carbocycles. The molecule has 5 heteroatoms. The molecule has 2 unspecified atom stereocenters. The number of halogens is 2. The molecule has 19 heavy (non-hydrogen) atoms. The van der Waals surface area contributed by atoms with Crippen LogP contribution in [-0.2, 0) is 6.42 Å². The maximum Gasteiger partial charge on any atom is 0.142 e. The summed E-state index contributed by atoms with van der Waals surface area (Å²) in [5.74, 6) is -0.416. The van der Waals surface area contributed by atoms with Gasteiger partial charge in [0.2, 0.25) is 0 Å². The molecule has 0 spiro atoms. The van der Waals surface area contributed by atoms with E-state index in [1.807, 2.05) is 0 Å². The fraction of sp³-hybridized carbons (Fsp3) is 0.571. The molecular formula is C14H18ClFN2O. The van der Waals surface area contributed by atoms with Gasteiger partial charge in [0.25, 0.3) is 0 Å². The van der Waals surface area contributed by atoms with Crippen LogP contribution in [-0.4, -0.2) is 59.8 Å². The van der Waals surface area contributed by atoms with E-state index in [1.54, 1.807) is 12.1 Å². The first-order chi connectivity index (χ1) is 9.15. The lowest BCUT2D eigenvalue weighted by Crippen LogP contribution is -2.64. The second kappa shape index (κ2) is 5.37. The van der Waals surface area contributed by atoms with Gasteiger partial charge >= 0.3 is 0 Å². The first kappa shape index (κ1) is 13.3. The maximum absolute atomic E-state index is 13.4. The third kappa shape index (κ3) is 2.63. The van der Waals surface area contributed by atoms with Crippen molar-refractivity contribution in [2.45, 2.75) is 18.6 Å². The molecule has 1 N–H and O–H groups in total. The average Bonchev–Trinajstić information content (AvgIpc) is 2.45. The van der Waals surface area contributed by atoms with E-state index < -0.39 is 11.9 Å². The highest BCUT2D eigenvalue weighted by molar-refractivity contribution is 6.31. The van der Waals surface area contributed by atoms with Crippen LogP contribution in [0.3, 0.4) is 0 Å². The zero-order chi connectivity index (χ0) is 13.4. The van der Waals surface area contributed by atoms with E-state index in [1.165, 1.54) is 6.07 Å². The predicted molar refractivity (Wildman–Crippen MR) is 72.9 cm³/mol. The van der Waals surface area contributed by atoms with E-state index in [0.717, 1.165) is 32.7 Å². The molecule has 104 valence electrons. The number of hydrogen-bond donors (Lipinski definition) is 1. The van der Waals surface area contributed by atoms with E-state index in [9.17, 15) is 9.50 Å². The van der Waals surface area contributed by atoms with Crippen LogP contribution in [0.5, 0.6) is 0 Å². The highest BCUT2D eigenvalue weighted by Gasteiger charge is 2.36. The first-order valence-corrected chi connectivity index (χ1v) is 7.10. The minimum atomic E-state index is -0.498. The summed E-state index contributed by atoms with van der Waals surface area (Å²) in [7, 11) is 0. The van der Waals surface area contributed by atoms with Gasteiger partial charge < -0.3 is 5.11 Å². The van der Waals surface area contributed by atoms with Gasteiger partial charge in [-0.3, -0.25) is 9.80 Å². The zero-order valence-electron chi connectivity index (χ0n) is 10.7. The molecule has 0 amide bonds. The Morgan fingerprint density at radius 3 is 2.68 bits per heavy atom. The first-order valence-electron chi connectivity index (χ1n) is 6.72. The molecule has 2 bridgehead atoms. The molecule has 0 saturated carbocycles. The topological polar surface area (TPSA) is 26.7 Å². The Morgan fingerprint density at radius 2 is 2.05 bits per heavy atom. The van der Waals surface area contributed by atoms with E-state index in [4.69, 9.17) is 11.6 Å². The summed E-state index contributed by atoms with van der Waals surface area (Å²) in [6, 6.07) is 4.91. The Kier molecular flexibility index (Phi) is 3.76. The number of nitrogens with zero attached hydrogens (tertiary/aromatic N) is 2. The molecule has 3 saturated heterocycles. The molecule has 0 aromatic heterocycles. The van der Waals surface area contributed by atoms with E-state index in [0.29, 0.717) is 12.0 Å². The normalized spacial score (nSPS) is 31.4. The van der Waals surface area contributed by atoms with Crippen LogP contribution in [0.1, 0.15) is 5.56 Å². The van der Waals surface area contributed by atoms with Gasteiger partial charge in [0, 0.05) is 45.2 Å². The Morgan fingerprint density at radius 1 is 1.32 bits per heavy atom. The number of rotatable bonds is 3. The SMILES string of the molecule is OC(Cc1cccc(F)c1Cl)C1CN2CCN1CC2. The molecule has 1 aromatic rings. The van der Waals surface area contributed by atoms with Gasteiger partial charge in [0.05, 0.1) is 11.1 Å². The summed E-state index contributed by atoms with van der Waals surface area (Å²) in [6.45, 7) is 5.10. The van der Waals surface area contributed by atoms with Gasteiger partial charge in [-0.25, -0.2) is 4.39 Å². The lowest BCUT2D eigenvalue weighted by Gasteiger charge is -2.49. The van der Waals surface area contributed by atoms with Crippen molar-refractivity contribution in [1.82, 2.24) is 9.80 Å². The third-order valence-electron chi connectivity index (χ3n) is 4.23. The van der Waals surface area contributed by atoms with Crippen LogP contribution in [0.15, 0.2) is 18.2 Å². The van der Waals surface area contributed by atoms with Crippen LogP contribution in [0.25, 0.3) is 0 Å². The summed E-state index contributed by atoms with van der Waals surface area (Å²) in [5, 5.41) is 10.6. The smallest absolute Gasteiger partial charge is 0.142 e. The largest absolute Gasteiger partial charge is 0.391 e. The highest BCUT2D eigenvalue weighted by Crippen LogP contribution is 2.24. The van der Waals surface area contributed by atoms with Gasteiger partial charge in [-0.05, 0) is 11.6 Å². The predicted octanol–water partition coefficient (Wildman–Crippen LogP) is 1.38. The van der Waals surface area contributed by atoms with Crippen molar-refractivity contribution in [2.24, 2.45) is 0 Å². The lowest BCUT2D eigenvalue weighted by atomic mass is 9.96. The van der Waals surface area contributed by atoms with Crippen LogP contribution in [0.2, 0.25) is 5.02 Å². The summed E-state index contributed by atoms with van der Waals surface area (Å²) in [5.41, 5.74) is 0.687. The molecule has 3 nitrogen and oxygen atoms in total. The third-order valence-corrected chi connectivity index (χ3v) is 4.65. The number of piperazine rings is 3. The standard InChI is InChI=1S/C14H18ClFN2O/c15-14-10(2-1-3-11(14)16)8-13(19)12-9-17-4-6-18(12)7-5-17/h1-3,12-13,19H,4-9H2. The van der Waals surface area contributed by atoms with Crippen LogP contribution in [0.4, 0.5) is 4.39 Å². The van der Waals surface area contributed by atoms with Crippen molar-refractivity contribution in [1.29, 1.82) is 0 Å². The van der Waals surface area contributed by atoms with Crippen molar-refractivity contribution < 1.29 is 9.50 Å². The van der Waals surface area contributed by atoms with Crippen molar-refractivity contribution in [3.05, 3.63) is 34.6 Å². The van der Waals surface area contributed by atoms with E-state index in [2.05, 4.69) is 9.80 Å². The molecule has 1 aromatic carbocycles. The quantitative estimate of drug-likeness (QED) is 0.909. The summed E-state index contributed by atoms with van der Waals surface area (Å²) >= 11 is 5.95. The van der Waals surface area contributed by atoms with Crippen molar-refractivity contribution >= 4 is 11.6 Å². The minimum Gasteiger partial charge on any atom is -0.391 e. The Hall–Kier alpha value is -0.680. The molecule has 3 fully saturated rings. The molecule has 4 rings (SSSR count). The molecule has 2 atom stereocenters. The van der Waals surface area contributed by atoms with Crippen LogP contribution >= 0.6 is 11.6 Å². The van der Waals surface area contributed by atoms with Crippen LogP contribution < -0.4 is 0 Å². The molecular weight excluding hydrogens is 267 g/mol. The molecule has 0 radical (unpaired) electrons. The second-order valence-corrected chi connectivity index (χ2v) is 5.77. The van der Waals surface area contributed by atoms with Gasteiger partial charge in [-0.15, -0.1) is 0 Å². The lowest BCUT2D eigenvalue weighted by molar-refractivity contribution is -0.0453. The second-order valence-electron chi connectivity index (χ2n) is 5.39. The monoisotopic (exact) mass is 284 g/mol. The average molecular weight is 285 g/mol. The van der Waals surface area contributed by atoms with Gasteiger partial charge in [-0.1, -0.05) is 23.7 Å².